The van der Waals surface area contributed by atoms with Gasteiger partial charge in [-0.1, -0.05) is 30.3 Å². The molecule has 0 saturated carbocycles. The highest BCUT2D eigenvalue weighted by Crippen LogP contribution is 2.24. The topological polar surface area (TPSA) is 53.6 Å². The average Bonchev–Trinajstić information content (AvgIpc) is 3.03. The van der Waals surface area contributed by atoms with Crippen LogP contribution in [-0.2, 0) is 4.74 Å². The Labute approximate surface area is 126 Å². The zero-order chi connectivity index (χ0) is 14.9. The fourth-order valence-electron chi connectivity index (χ4n) is 2.70. The van der Waals surface area contributed by atoms with Crippen molar-refractivity contribution in [1.29, 1.82) is 0 Å². The summed E-state index contributed by atoms with van der Waals surface area (Å²) in [5, 5.41) is 5.76. The third-order valence-corrected chi connectivity index (χ3v) is 3.81. The summed E-state index contributed by atoms with van der Waals surface area (Å²) in [6.45, 7) is 3.89. The van der Waals surface area contributed by atoms with Crippen molar-refractivity contribution in [3.8, 4) is 0 Å². The number of methoxy groups -OCH3 is 1. The molecule has 1 unspecified atom stereocenters. The first kappa shape index (κ1) is 15.8. The zero-order valence-corrected chi connectivity index (χ0v) is 12.7. The molecule has 0 radical (unpaired) electrons. The summed E-state index contributed by atoms with van der Waals surface area (Å²) >= 11 is 0. The average molecular weight is 291 g/mol. The maximum absolute atomic E-state index is 11.8. The van der Waals surface area contributed by atoms with Gasteiger partial charge in [0.05, 0.1) is 12.6 Å². The van der Waals surface area contributed by atoms with Gasteiger partial charge in [-0.05, 0) is 31.5 Å². The van der Waals surface area contributed by atoms with Crippen molar-refractivity contribution < 1.29 is 9.53 Å². The molecule has 1 aliphatic heterocycles. The Morgan fingerprint density at radius 1 is 1.24 bits per heavy atom. The molecule has 21 heavy (non-hydrogen) atoms. The molecule has 0 aliphatic carbocycles. The van der Waals surface area contributed by atoms with Gasteiger partial charge in [-0.15, -0.1) is 0 Å². The molecule has 5 nitrogen and oxygen atoms in total. The molecule has 5 heteroatoms. The van der Waals surface area contributed by atoms with Crippen molar-refractivity contribution in [1.82, 2.24) is 15.5 Å². The van der Waals surface area contributed by atoms with Crippen LogP contribution in [0.2, 0.25) is 0 Å². The number of carbonyl (C=O) groups is 1. The van der Waals surface area contributed by atoms with Gasteiger partial charge in [0.2, 0.25) is 0 Å². The van der Waals surface area contributed by atoms with E-state index in [4.69, 9.17) is 4.74 Å². The summed E-state index contributed by atoms with van der Waals surface area (Å²) in [7, 11) is 1.62. The van der Waals surface area contributed by atoms with Crippen LogP contribution in [0.5, 0.6) is 0 Å². The molecule has 1 saturated heterocycles. The zero-order valence-electron chi connectivity index (χ0n) is 12.7. The maximum atomic E-state index is 11.8. The Balaban J connectivity index is 1.89. The van der Waals surface area contributed by atoms with Crippen molar-refractivity contribution in [2.45, 2.75) is 18.9 Å². The fraction of sp³-hybridized carbons (Fsp3) is 0.562. The first-order valence-electron chi connectivity index (χ1n) is 7.61. The largest absolute Gasteiger partial charge is 0.383 e. The van der Waals surface area contributed by atoms with Gasteiger partial charge < -0.3 is 15.4 Å². The lowest BCUT2D eigenvalue weighted by atomic mass is 10.1. The highest BCUT2D eigenvalue weighted by molar-refractivity contribution is 5.73. The van der Waals surface area contributed by atoms with Gasteiger partial charge in [-0.2, -0.15) is 0 Å². The number of rotatable bonds is 7. The minimum Gasteiger partial charge on any atom is -0.383 e. The van der Waals surface area contributed by atoms with E-state index >= 15 is 0 Å². The minimum absolute atomic E-state index is 0.132. The van der Waals surface area contributed by atoms with Crippen molar-refractivity contribution >= 4 is 6.03 Å². The van der Waals surface area contributed by atoms with Crippen LogP contribution in [0.3, 0.4) is 0 Å². The van der Waals surface area contributed by atoms with Crippen LogP contribution in [0.1, 0.15) is 24.4 Å². The molecule has 2 N–H and O–H groups in total. The van der Waals surface area contributed by atoms with Gasteiger partial charge in [0.1, 0.15) is 0 Å². The van der Waals surface area contributed by atoms with E-state index in [-0.39, 0.29) is 12.1 Å². The van der Waals surface area contributed by atoms with Crippen LogP contribution >= 0.6 is 0 Å². The molecule has 2 rings (SSSR count). The number of hydrogen-bond donors (Lipinski definition) is 2. The second kappa shape index (κ2) is 8.64. The van der Waals surface area contributed by atoms with Crippen LogP contribution in [-0.4, -0.2) is 50.8 Å². The number of likely N-dealkylation sites (tertiary alicyclic amines) is 1. The normalized spacial score (nSPS) is 16.6. The van der Waals surface area contributed by atoms with E-state index in [1.807, 2.05) is 6.07 Å². The summed E-state index contributed by atoms with van der Waals surface area (Å²) < 4.78 is 4.92. The second-order valence-electron chi connectivity index (χ2n) is 5.30. The van der Waals surface area contributed by atoms with Crippen LogP contribution in [0, 0.1) is 0 Å². The molecule has 1 fully saturated rings. The van der Waals surface area contributed by atoms with Gasteiger partial charge in [-0.25, -0.2) is 4.79 Å². The summed E-state index contributed by atoms with van der Waals surface area (Å²) in [6, 6.07) is 10.5. The van der Waals surface area contributed by atoms with Crippen LogP contribution in [0.15, 0.2) is 30.3 Å². The Morgan fingerprint density at radius 3 is 2.62 bits per heavy atom. The molecule has 0 bridgehead atoms. The summed E-state index contributed by atoms with van der Waals surface area (Å²) in [5.41, 5.74) is 1.26. The molecular formula is C16H25N3O2. The second-order valence-corrected chi connectivity index (χ2v) is 5.30. The third kappa shape index (κ3) is 5.02. The number of amides is 2. The number of nitrogens with zero attached hydrogens (tertiary/aromatic N) is 1. The molecule has 0 spiro atoms. The lowest BCUT2D eigenvalue weighted by molar-refractivity contribution is 0.193. The molecule has 116 valence electrons. The fourth-order valence-corrected chi connectivity index (χ4v) is 2.70. The maximum Gasteiger partial charge on any atom is 0.314 e. The van der Waals surface area contributed by atoms with E-state index in [9.17, 15) is 4.79 Å². The van der Waals surface area contributed by atoms with Gasteiger partial charge >= 0.3 is 6.03 Å². The highest BCUT2D eigenvalue weighted by atomic mass is 16.5. The number of ether oxygens (including phenoxy) is 1. The van der Waals surface area contributed by atoms with Crippen molar-refractivity contribution in [3.63, 3.8) is 0 Å². The molecule has 1 aromatic carbocycles. The van der Waals surface area contributed by atoms with Gasteiger partial charge in [-0.3, -0.25) is 4.90 Å². The van der Waals surface area contributed by atoms with Crippen LogP contribution in [0.4, 0.5) is 4.79 Å². The first-order valence-corrected chi connectivity index (χ1v) is 7.61. The van der Waals surface area contributed by atoms with E-state index < -0.39 is 0 Å². The van der Waals surface area contributed by atoms with Gasteiger partial charge in [0.25, 0.3) is 0 Å². The smallest absolute Gasteiger partial charge is 0.314 e. The minimum atomic E-state index is -0.132. The highest BCUT2D eigenvalue weighted by Gasteiger charge is 2.23. The van der Waals surface area contributed by atoms with Crippen molar-refractivity contribution in [2.75, 3.05) is 39.9 Å². The van der Waals surface area contributed by atoms with E-state index in [1.165, 1.54) is 18.4 Å². The van der Waals surface area contributed by atoms with E-state index in [0.29, 0.717) is 19.7 Å². The molecule has 1 heterocycles. The molecule has 1 atom stereocenters. The lowest BCUT2D eigenvalue weighted by Gasteiger charge is -2.28. The van der Waals surface area contributed by atoms with Crippen LogP contribution in [0.25, 0.3) is 0 Å². The Kier molecular flexibility index (Phi) is 6.50. The summed E-state index contributed by atoms with van der Waals surface area (Å²) in [6.07, 6.45) is 2.48. The molecule has 2 amide bonds. The predicted octanol–water partition coefficient (Wildman–Crippen LogP) is 1.77. The first-order chi connectivity index (χ1) is 10.3. The summed E-state index contributed by atoms with van der Waals surface area (Å²) in [4.78, 5) is 14.2. The lowest BCUT2D eigenvalue weighted by Crippen LogP contribution is -2.42. The molecule has 1 aromatic rings. The van der Waals surface area contributed by atoms with Crippen molar-refractivity contribution in [2.24, 2.45) is 0 Å². The number of carbonyl (C=O) groups excluding carboxylic acids is 1. The molecule has 1 aliphatic rings. The van der Waals surface area contributed by atoms with E-state index in [2.05, 4.69) is 39.8 Å². The number of urea groups is 1. The quantitative estimate of drug-likeness (QED) is 0.753. The molecule has 0 aromatic heterocycles. The monoisotopic (exact) mass is 291 g/mol. The van der Waals surface area contributed by atoms with E-state index in [1.54, 1.807) is 7.11 Å². The van der Waals surface area contributed by atoms with Crippen LogP contribution < -0.4 is 10.6 Å². The summed E-state index contributed by atoms with van der Waals surface area (Å²) in [5.74, 6) is 0. The Morgan fingerprint density at radius 2 is 1.95 bits per heavy atom. The van der Waals surface area contributed by atoms with Gasteiger partial charge in [0, 0.05) is 20.2 Å². The Hall–Kier alpha value is -1.59. The third-order valence-electron chi connectivity index (χ3n) is 3.81. The molecular weight excluding hydrogens is 266 g/mol. The predicted molar refractivity (Wildman–Crippen MR) is 83.3 cm³/mol. The Bertz CT molecular complexity index is 419. The van der Waals surface area contributed by atoms with E-state index in [0.717, 1.165) is 13.1 Å². The standard InChI is InChI=1S/C16H25N3O2/c1-21-12-9-17-16(20)18-13-15(19-10-5-6-11-19)14-7-3-2-4-8-14/h2-4,7-8,15H,5-6,9-13H2,1H3,(H2,17,18,20). The van der Waals surface area contributed by atoms with Gasteiger partial charge in [0.15, 0.2) is 0 Å². The number of hydrogen-bond acceptors (Lipinski definition) is 3. The number of nitrogens with one attached hydrogen (secondary N) is 2. The SMILES string of the molecule is COCCNC(=O)NCC(c1ccccc1)N1CCCC1. The number of benzene rings is 1. The van der Waals surface area contributed by atoms with Crippen molar-refractivity contribution in [3.05, 3.63) is 35.9 Å².